The van der Waals surface area contributed by atoms with Crippen LogP contribution < -0.4 is 15.4 Å². The lowest BCUT2D eigenvalue weighted by Crippen LogP contribution is -2.55. The Morgan fingerprint density at radius 2 is 1.93 bits per heavy atom. The summed E-state index contributed by atoms with van der Waals surface area (Å²) in [4.78, 5) is 33.3. The SMILES string of the molecule is COc1cccc(F)c1CN1CC(NC(=O)C2=Cc3c(-c4ccnc(C)c4)n[nH]c3C=CC2)CCC1C(=O)Nc1ccc(F)cc1. The van der Waals surface area contributed by atoms with Crippen LogP contribution in [0.1, 0.15) is 41.8 Å². The van der Waals surface area contributed by atoms with Gasteiger partial charge in [0.2, 0.25) is 11.8 Å². The Morgan fingerprint density at radius 1 is 1.11 bits per heavy atom. The number of likely N-dealkylation sites (tertiary alicyclic amines) is 1. The Balaban J connectivity index is 1.22. The van der Waals surface area contributed by atoms with Crippen molar-refractivity contribution in [2.45, 2.75) is 44.8 Å². The number of benzene rings is 2. The number of rotatable bonds is 8. The fourth-order valence-corrected chi connectivity index (χ4v) is 6.00. The smallest absolute Gasteiger partial charge is 0.247 e. The predicted octanol–water partition coefficient (Wildman–Crippen LogP) is 5.66. The second-order valence-electron chi connectivity index (χ2n) is 11.5. The van der Waals surface area contributed by atoms with Crippen LogP contribution in [0, 0.1) is 18.6 Å². The standard InChI is InChI=1S/C35H34F2N6O3/c1-21-17-22(15-16-38-21)33-27-18-23(5-3-7-30(27)41-42-33)34(44)40-26-13-14-31(35(45)39-25-11-9-24(36)10-12-25)43(19-26)20-28-29(37)6-4-8-32(28)46-2/h3-4,6-12,15-18,26,31H,5,13-14,19-20H2,1-2H3,(H,39,45)(H,40,44)(H,41,42). The number of amides is 2. The molecule has 2 aromatic carbocycles. The highest BCUT2D eigenvalue weighted by Gasteiger charge is 2.35. The van der Waals surface area contributed by atoms with Crippen molar-refractivity contribution in [3.63, 3.8) is 0 Å². The van der Waals surface area contributed by atoms with Gasteiger partial charge in [-0.25, -0.2) is 8.78 Å². The maximum atomic E-state index is 15.0. The topological polar surface area (TPSA) is 112 Å². The zero-order chi connectivity index (χ0) is 32.2. The van der Waals surface area contributed by atoms with Crippen LogP contribution in [-0.2, 0) is 16.1 Å². The Hall–Kier alpha value is -5.16. The molecule has 2 unspecified atom stereocenters. The summed E-state index contributed by atoms with van der Waals surface area (Å²) in [6.45, 7) is 2.30. The molecule has 2 atom stereocenters. The first kappa shape index (κ1) is 30.8. The van der Waals surface area contributed by atoms with Crippen LogP contribution in [0.4, 0.5) is 14.5 Å². The lowest BCUT2D eigenvalue weighted by atomic mass is 9.95. The number of aryl methyl sites for hydroxylation is 1. The zero-order valence-electron chi connectivity index (χ0n) is 25.5. The predicted molar refractivity (Wildman–Crippen MR) is 172 cm³/mol. The number of pyridine rings is 1. The lowest BCUT2D eigenvalue weighted by Gasteiger charge is -2.39. The third kappa shape index (κ3) is 6.74. The minimum absolute atomic E-state index is 0.0856. The molecule has 46 heavy (non-hydrogen) atoms. The first-order valence-electron chi connectivity index (χ1n) is 15.1. The summed E-state index contributed by atoms with van der Waals surface area (Å²) < 4.78 is 33.9. The van der Waals surface area contributed by atoms with Gasteiger partial charge in [-0.1, -0.05) is 12.1 Å². The number of anilines is 1. The number of H-pyrrole nitrogens is 1. The van der Waals surface area contributed by atoms with Crippen LogP contribution in [0.25, 0.3) is 23.4 Å². The summed E-state index contributed by atoms with van der Waals surface area (Å²) in [6, 6.07) is 13.0. The van der Waals surface area contributed by atoms with Gasteiger partial charge in [0.05, 0.1) is 18.8 Å². The first-order chi connectivity index (χ1) is 22.3. The summed E-state index contributed by atoms with van der Waals surface area (Å²) in [7, 11) is 1.47. The summed E-state index contributed by atoms with van der Waals surface area (Å²) in [6.07, 6.45) is 8.80. The zero-order valence-corrected chi connectivity index (χ0v) is 25.5. The Bertz CT molecular complexity index is 1820. The van der Waals surface area contributed by atoms with Gasteiger partial charge in [-0.2, -0.15) is 5.10 Å². The molecule has 0 radical (unpaired) electrons. The minimum Gasteiger partial charge on any atom is -0.496 e. The van der Waals surface area contributed by atoms with Gasteiger partial charge in [-0.05, 0) is 86.9 Å². The molecule has 0 saturated carbocycles. The first-order valence-corrected chi connectivity index (χ1v) is 15.1. The summed E-state index contributed by atoms with van der Waals surface area (Å²) in [5, 5.41) is 13.6. The minimum atomic E-state index is -0.623. The van der Waals surface area contributed by atoms with Gasteiger partial charge in [0.1, 0.15) is 23.1 Å². The van der Waals surface area contributed by atoms with Crippen LogP contribution in [0.15, 0.2) is 72.4 Å². The van der Waals surface area contributed by atoms with Crippen LogP contribution in [0.2, 0.25) is 0 Å². The Kier molecular flexibility index (Phi) is 9.02. The number of ether oxygens (including phenoxy) is 1. The Morgan fingerprint density at radius 3 is 2.72 bits per heavy atom. The average Bonchev–Trinajstić information content (AvgIpc) is 3.32. The molecule has 4 aromatic rings. The van der Waals surface area contributed by atoms with E-state index in [-0.39, 0.29) is 24.4 Å². The molecule has 9 nitrogen and oxygen atoms in total. The van der Waals surface area contributed by atoms with Crippen molar-refractivity contribution >= 4 is 29.7 Å². The maximum Gasteiger partial charge on any atom is 0.247 e. The van der Waals surface area contributed by atoms with E-state index in [1.807, 2.05) is 42.2 Å². The second kappa shape index (κ2) is 13.5. The molecule has 1 saturated heterocycles. The highest BCUT2D eigenvalue weighted by atomic mass is 19.1. The van der Waals surface area contributed by atoms with Crippen LogP contribution in [-0.4, -0.2) is 57.6 Å². The highest BCUT2D eigenvalue weighted by molar-refractivity contribution is 6.00. The molecule has 236 valence electrons. The average molecular weight is 625 g/mol. The molecule has 2 aliphatic rings. The number of halogens is 2. The number of hydrogen-bond acceptors (Lipinski definition) is 6. The fourth-order valence-electron chi connectivity index (χ4n) is 6.00. The van der Waals surface area contributed by atoms with Gasteiger partial charge in [-0.15, -0.1) is 0 Å². The van der Waals surface area contributed by atoms with E-state index in [9.17, 15) is 14.0 Å². The lowest BCUT2D eigenvalue weighted by molar-refractivity contribution is -0.123. The molecule has 11 heteroatoms. The van der Waals surface area contributed by atoms with Crippen LogP contribution in [0.3, 0.4) is 0 Å². The number of methoxy groups -OCH3 is 1. The van der Waals surface area contributed by atoms with Gasteiger partial charge in [0, 0.05) is 59.0 Å². The number of allylic oxidation sites excluding steroid dienone is 1. The quantitative estimate of drug-likeness (QED) is 0.234. The number of hydrogen-bond donors (Lipinski definition) is 3. The molecule has 0 spiro atoms. The van der Waals surface area contributed by atoms with Gasteiger partial charge < -0.3 is 15.4 Å². The van der Waals surface area contributed by atoms with Crippen molar-refractivity contribution in [3.05, 3.63) is 107 Å². The molecular weight excluding hydrogens is 590 g/mol. The van der Waals surface area contributed by atoms with Crippen molar-refractivity contribution in [2.75, 3.05) is 19.0 Å². The molecule has 1 aliphatic carbocycles. The number of carbonyl (C=O) groups excluding carboxylic acids is 2. The monoisotopic (exact) mass is 624 g/mol. The van der Waals surface area contributed by atoms with E-state index >= 15 is 4.39 Å². The number of piperidine rings is 1. The van der Waals surface area contributed by atoms with E-state index < -0.39 is 17.7 Å². The maximum absolute atomic E-state index is 15.0. The summed E-state index contributed by atoms with van der Waals surface area (Å²) >= 11 is 0. The van der Waals surface area contributed by atoms with Crippen molar-refractivity contribution in [2.24, 2.45) is 0 Å². The summed E-state index contributed by atoms with van der Waals surface area (Å²) in [5.41, 5.74) is 5.46. The van der Waals surface area contributed by atoms with Crippen molar-refractivity contribution in [3.8, 4) is 17.0 Å². The van der Waals surface area contributed by atoms with Gasteiger partial charge in [0.25, 0.3) is 0 Å². The third-order valence-electron chi connectivity index (χ3n) is 8.33. The largest absolute Gasteiger partial charge is 0.496 e. The number of carbonyl (C=O) groups is 2. The van der Waals surface area contributed by atoms with Gasteiger partial charge >= 0.3 is 0 Å². The molecule has 2 aromatic heterocycles. The summed E-state index contributed by atoms with van der Waals surface area (Å²) in [5.74, 6) is -1.01. The molecule has 6 rings (SSSR count). The Labute approximate surface area is 265 Å². The normalized spacial score (nSPS) is 17.9. The van der Waals surface area contributed by atoms with Crippen molar-refractivity contribution in [1.82, 2.24) is 25.4 Å². The number of aromatic nitrogens is 3. The second-order valence-corrected chi connectivity index (χ2v) is 11.5. The van der Waals surface area contributed by atoms with E-state index in [0.29, 0.717) is 48.4 Å². The highest BCUT2D eigenvalue weighted by Crippen LogP contribution is 2.31. The molecule has 1 aliphatic heterocycles. The fraction of sp³-hybridized carbons (Fsp3) is 0.257. The number of fused-ring (bicyclic) bond motifs is 1. The van der Waals surface area contributed by atoms with Crippen molar-refractivity contribution in [1.29, 1.82) is 0 Å². The molecule has 0 bridgehead atoms. The van der Waals surface area contributed by atoms with E-state index in [4.69, 9.17) is 4.74 Å². The molecule has 3 N–H and O–H groups in total. The number of nitrogens with one attached hydrogen (secondary N) is 3. The number of aromatic amines is 1. The van der Waals surface area contributed by atoms with E-state index in [2.05, 4.69) is 25.8 Å². The van der Waals surface area contributed by atoms with E-state index in [1.165, 1.54) is 37.4 Å². The van der Waals surface area contributed by atoms with E-state index in [1.54, 1.807) is 18.3 Å². The van der Waals surface area contributed by atoms with E-state index in [0.717, 1.165) is 28.2 Å². The van der Waals surface area contributed by atoms with Gasteiger partial charge in [-0.3, -0.25) is 24.6 Å². The van der Waals surface area contributed by atoms with Crippen LogP contribution in [0.5, 0.6) is 5.75 Å². The van der Waals surface area contributed by atoms with Crippen LogP contribution >= 0.6 is 0 Å². The molecule has 1 fully saturated rings. The molecule has 3 heterocycles. The van der Waals surface area contributed by atoms with Gasteiger partial charge in [0.15, 0.2) is 0 Å². The molecular formula is C35H34F2N6O3. The van der Waals surface area contributed by atoms with Crippen molar-refractivity contribution < 1.29 is 23.1 Å². The third-order valence-corrected chi connectivity index (χ3v) is 8.33. The molecule has 2 amide bonds. The number of nitrogens with zero attached hydrogens (tertiary/aromatic N) is 3.